The van der Waals surface area contributed by atoms with Gasteiger partial charge in [-0.3, -0.25) is 0 Å². The molecule has 170 valence electrons. The summed E-state index contributed by atoms with van der Waals surface area (Å²) in [5, 5.41) is 0. The second-order valence-electron chi connectivity index (χ2n) is 8.35. The van der Waals surface area contributed by atoms with E-state index in [0.29, 0.717) is 31.3 Å². The van der Waals surface area contributed by atoms with Crippen LogP contribution < -0.4 is 0 Å². The molecule has 1 aliphatic heterocycles. The number of ether oxygens (including phenoxy) is 3. The van der Waals surface area contributed by atoms with Gasteiger partial charge in [0.25, 0.3) is 0 Å². The molecule has 30 heavy (non-hydrogen) atoms. The average molecular weight is 423 g/mol. The molecule has 1 aromatic carbocycles. The Morgan fingerprint density at radius 2 is 1.60 bits per heavy atom. The van der Waals surface area contributed by atoms with Gasteiger partial charge in [-0.05, 0) is 25.0 Å². The molecule has 1 saturated heterocycles. The molecule has 1 heterocycles. The lowest BCUT2D eigenvalue weighted by atomic mass is 10.0. The molecule has 1 fully saturated rings. The summed E-state index contributed by atoms with van der Waals surface area (Å²) in [7, 11) is 0. The van der Waals surface area contributed by atoms with Gasteiger partial charge in [-0.1, -0.05) is 77.7 Å². The van der Waals surface area contributed by atoms with Crippen molar-refractivity contribution in [2.75, 3.05) is 19.8 Å². The van der Waals surface area contributed by atoms with Gasteiger partial charge in [0.1, 0.15) is 5.82 Å². The molecule has 0 amide bonds. The highest BCUT2D eigenvalue weighted by Crippen LogP contribution is 2.29. The van der Waals surface area contributed by atoms with Crippen molar-refractivity contribution in [3.05, 3.63) is 35.1 Å². The summed E-state index contributed by atoms with van der Waals surface area (Å²) in [6.45, 7) is 5.92. The number of hydrogen-bond acceptors (Lipinski definition) is 4. The van der Waals surface area contributed by atoms with Crippen LogP contribution in [0.15, 0.2) is 18.2 Å². The minimum Gasteiger partial charge on any atom is -0.462 e. The third kappa shape index (κ3) is 8.73. The number of esters is 1. The molecular weight excluding hydrogens is 383 g/mol. The Kier molecular flexibility index (Phi) is 12.0. The molecule has 0 unspecified atom stereocenters. The number of hydrogen-bond donors (Lipinski definition) is 0. The van der Waals surface area contributed by atoms with Crippen LogP contribution in [0.5, 0.6) is 0 Å². The highest BCUT2D eigenvalue weighted by molar-refractivity contribution is 5.89. The second kappa shape index (κ2) is 14.5. The summed E-state index contributed by atoms with van der Waals surface area (Å²) in [5.41, 5.74) is 0.568. The maximum absolute atomic E-state index is 14.6. The van der Waals surface area contributed by atoms with Crippen molar-refractivity contribution < 1.29 is 23.4 Å². The van der Waals surface area contributed by atoms with E-state index in [-0.39, 0.29) is 5.56 Å². The smallest absolute Gasteiger partial charge is 0.338 e. The summed E-state index contributed by atoms with van der Waals surface area (Å²) >= 11 is 0. The van der Waals surface area contributed by atoms with E-state index < -0.39 is 18.1 Å². The first-order chi connectivity index (χ1) is 14.7. The van der Waals surface area contributed by atoms with Crippen LogP contribution in [0.2, 0.25) is 0 Å². The molecule has 0 bridgehead atoms. The minimum absolute atomic E-state index is 0.229. The molecule has 1 aliphatic rings. The van der Waals surface area contributed by atoms with Crippen LogP contribution in [0, 0.1) is 11.7 Å². The van der Waals surface area contributed by atoms with Gasteiger partial charge in [0.05, 0.1) is 25.4 Å². The molecule has 1 aromatic rings. The number of unbranched alkanes of at least 4 members (excludes halogenated alkanes) is 8. The topological polar surface area (TPSA) is 44.8 Å². The van der Waals surface area contributed by atoms with Gasteiger partial charge >= 0.3 is 5.97 Å². The van der Waals surface area contributed by atoms with E-state index >= 15 is 0 Å². The Balaban J connectivity index is 1.71. The van der Waals surface area contributed by atoms with Gasteiger partial charge in [0.2, 0.25) is 0 Å². The number of halogens is 1. The molecule has 0 saturated carbocycles. The lowest BCUT2D eigenvalue weighted by Gasteiger charge is -2.29. The zero-order valence-electron chi connectivity index (χ0n) is 18.8. The van der Waals surface area contributed by atoms with Gasteiger partial charge in [-0.2, -0.15) is 0 Å². The first-order valence-electron chi connectivity index (χ1n) is 11.9. The Morgan fingerprint density at radius 1 is 0.967 bits per heavy atom. The number of rotatable bonds is 14. The Hall–Kier alpha value is -1.46. The van der Waals surface area contributed by atoms with Crippen molar-refractivity contribution in [2.24, 2.45) is 5.92 Å². The highest BCUT2D eigenvalue weighted by Gasteiger charge is 2.26. The van der Waals surface area contributed by atoms with Crippen molar-refractivity contribution in [2.45, 2.75) is 90.8 Å². The zero-order chi connectivity index (χ0) is 21.6. The Bertz CT molecular complexity index is 611. The fraction of sp³-hybridized carbons (Fsp3) is 0.720. The Morgan fingerprint density at radius 3 is 2.27 bits per heavy atom. The lowest BCUT2D eigenvalue weighted by molar-refractivity contribution is -0.207. The zero-order valence-corrected chi connectivity index (χ0v) is 18.8. The Labute approximate surface area is 181 Å². The van der Waals surface area contributed by atoms with E-state index in [9.17, 15) is 9.18 Å². The summed E-state index contributed by atoms with van der Waals surface area (Å²) < 4.78 is 31.3. The van der Waals surface area contributed by atoms with Gasteiger partial charge in [0.15, 0.2) is 6.29 Å². The summed E-state index contributed by atoms with van der Waals surface area (Å²) in [6.07, 6.45) is 12.1. The highest BCUT2D eigenvalue weighted by atomic mass is 19.1. The molecule has 0 aromatic heterocycles. The molecule has 0 aliphatic carbocycles. The van der Waals surface area contributed by atoms with Crippen LogP contribution >= 0.6 is 0 Å². The lowest BCUT2D eigenvalue weighted by Crippen LogP contribution is -2.27. The van der Waals surface area contributed by atoms with Crippen LogP contribution in [0.4, 0.5) is 4.39 Å². The van der Waals surface area contributed by atoms with Crippen molar-refractivity contribution in [3.8, 4) is 0 Å². The van der Waals surface area contributed by atoms with Gasteiger partial charge < -0.3 is 14.2 Å². The van der Waals surface area contributed by atoms with E-state index in [2.05, 4.69) is 13.8 Å². The maximum Gasteiger partial charge on any atom is 0.338 e. The molecule has 0 spiro atoms. The molecule has 5 heteroatoms. The van der Waals surface area contributed by atoms with Crippen molar-refractivity contribution >= 4 is 5.97 Å². The van der Waals surface area contributed by atoms with Crippen LogP contribution in [0.3, 0.4) is 0 Å². The van der Waals surface area contributed by atoms with E-state index in [1.807, 2.05) is 0 Å². The van der Waals surface area contributed by atoms with E-state index in [4.69, 9.17) is 14.2 Å². The number of benzene rings is 1. The second-order valence-corrected chi connectivity index (χ2v) is 8.35. The molecule has 0 atom stereocenters. The maximum atomic E-state index is 14.6. The van der Waals surface area contributed by atoms with E-state index in [1.165, 1.54) is 57.4 Å². The SMILES string of the molecule is CCCCCCCCCOC(=O)c1ccc(C2OCC(CCCCC)CO2)c(F)c1. The largest absolute Gasteiger partial charge is 0.462 e. The van der Waals surface area contributed by atoms with Crippen LogP contribution in [0.1, 0.15) is 107 Å². The first kappa shape index (κ1) is 24.8. The standard InChI is InChI=1S/C25H39FO4/c1-3-5-7-8-9-10-12-16-28-24(27)21-14-15-22(23(26)17-21)25-29-18-20(19-30-25)13-11-6-4-2/h14-15,17,20,25H,3-13,16,18-19H2,1-2H3. The molecule has 0 N–H and O–H groups in total. The molecule has 2 rings (SSSR count). The van der Waals surface area contributed by atoms with Gasteiger partial charge in [-0.15, -0.1) is 0 Å². The fourth-order valence-electron chi connectivity index (χ4n) is 3.73. The number of carbonyl (C=O) groups is 1. The third-order valence-corrected chi connectivity index (χ3v) is 5.65. The van der Waals surface area contributed by atoms with Crippen LogP contribution in [-0.4, -0.2) is 25.8 Å². The molecule has 0 radical (unpaired) electrons. The molecule has 4 nitrogen and oxygen atoms in total. The summed E-state index contributed by atoms with van der Waals surface area (Å²) in [4.78, 5) is 12.2. The van der Waals surface area contributed by atoms with Crippen molar-refractivity contribution in [3.63, 3.8) is 0 Å². The fourth-order valence-corrected chi connectivity index (χ4v) is 3.73. The predicted octanol–water partition coefficient (Wildman–Crippen LogP) is 6.98. The first-order valence-corrected chi connectivity index (χ1v) is 11.9. The third-order valence-electron chi connectivity index (χ3n) is 5.65. The minimum atomic E-state index is -0.704. The van der Waals surface area contributed by atoms with Gasteiger partial charge in [0, 0.05) is 11.5 Å². The predicted molar refractivity (Wildman–Crippen MR) is 117 cm³/mol. The van der Waals surface area contributed by atoms with Crippen molar-refractivity contribution in [1.82, 2.24) is 0 Å². The van der Waals surface area contributed by atoms with E-state index in [1.54, 1.807) is 12.1 Å². The quantitative estimate of drug-likeness (QED) is 0.240. The number of carbonyl (C=O) groups excluding carboxylic acids is 1. The monoisotopic (exact) mass is 422 g/mol. The van der Waals surface area contributed by atoms with Gasteiger partial charge in [-0.25, -0.2) is 9.18 Å². The van der Waals surface area contributed by atoms with Crippen molar-refractivity contribution in [1.29, 1.82) is 0 Å². The van der Waals surface area contributed by atoms with Crippen LogP contribution in [0.25, 0.3) is 0 Å². The molecular formula is C25H39FO4. The van der Waals surface area contributed by atoms with Crippen LogP contribution in [-0.2, 0) is 14.2 Å². The summed E-state index contributed by atoms with van der Waals surface area (Å²) in [5.74, 6) is -0.598. The summed E-state index contributed by atoms with van der Waals surface area (Å²) in [6, 6.07) is 4.38. The average Bonchev–Trinajstić information content (AvgIpc) is 2.76. The van der Waals surface area contributed by atoms with E-state index in [0.717, 1.165) is 19.3 Å². The normalized spacial score (nSPS) is 19.0.